The molecule has 61 heavy (non-hydrogen) atoms. The van der Waals surface area contributed by atoms with Crippen molar-refractivity contribution in [1.29, 1.82) is 0 Å². The summed E-state index contributed by atoms with van der Waals surface area (Å²) in [5.41, 5.74) is -6.34. The molecule has 5 heterocycles. The number of fused-ring (bicyclic) bond motifs is 8. The number of phenolic OH excluding ortho intramolecular Hbond substituents is 2. The average Bonchev–Trinajstić information content (AvgIpc) is 4.09. The summed E-state index contributed by atoms with van der Waals surface area (Å²) in [7, 11) is 0. The van der Waals surface area contributed by atoms with Crippen LogP contribution in [0.4, 0.5) is 43.9 Å². The molecule has 0 radical (unpaired) electrons. The van der Waals surface area contributed by atoms with Crippen molar-refractivity contribution in [2.24, 2.45) is 0 Å². The summed E-state index contributed by atoms with van der Waals surface area (Å²) in [5.74, 6) is -23.4. The third-order valence-electron chi connectivity index (χ3n) is 9.88. The smallest absolute Gasteiger partial charge is 0.657 e. The second-order valence-electron chi connectivity index (χ2n) is 13.3. The average molecular weight is 880 g/mol. The molecule has 0 atom stereocenters. The molecule has 8 bridgehead atoms. The van der Waals surface area contributed by atoms with E-state index in [9.17, 15) is 36.6 Å². The summed E-state index contributed by atoms with van der Waals surface area (Å²) >= 11 is 0. The fraction of sp³-hybridized carbons (Fsp3) is 0. The Hall–Kier alpha value is -7.10. The number of benzene rings is 4. The first-order valence-corrected chi connectivity index (χ1v) is 17.4. The first-order chi connectivity index (χ1) is 28.8. The molecule has 3 aromatic heterocycles. The van der Waals surface area contributed by atoms with E-state index in [0.717, 1.165) is 0 Å². The van der Waals surface area contributed by atoms with Gasteiger partial charge in [-0.25, -0.2) is 53.9 Å². The van der Waals surface area contributed by atoms with Crippen LogP contribution in [0.3, 0.4) is 0 Å². The number of aromatic nitrogens is 4. The van der Waals surface area contributed by atoms with Gasteiger partial charge in [0.1, 0.15) is 11.5 Å². The standard InChI is InChI=1S/C44H18F10N4O2.Fe/c45-35-33(36(46)40(50)43(53)39(35)49)31-23-13-9-19(55-23)29(17-5-1-3-7-27(17)59)20-10-14-24(56-20)32(34-37(47)41(51)44(54)42(52)38(34)48)26-16-12-22(58-26)30(21-11-15-25(31)57-21)18-6-2-4-8-28(18)60;/h1-16H,(H2-2,55,56,57,58,59,60);/q-2;+2. The molecule has 6 nitrogen and oxygen atoms in total. The van der Waals surface area contributed by atoms with Gasteiger partial charge in [-0.2, -0.15) is 0 Å². The van der Waals surface area contributed by atoms with Gasteiger partial charge in [0, 0.05) is 11.1 Å². The minimum Gasteiger partial charge on any atom is -0.657 e. The zero-order valence-corrected chi connectivity index (χ0v) is 31.2. The molecule has 0 saturated heterocycles. The first kappa shape index (κ1) is 40.7. The topological polar surface area (TPSA) is 94.4 Å². The Balaban J connectivity index is 0.00000514. The second-order valence-corrected chi connectivity index (χ2v) is 13.3. The molecule has 0 aliphatic carbocycles. The van der Waals surface area contributed by atoms with E-state index in [2.05, 4.69) is 19.9 Å². The van der Waals surface area contributed by atoms with Crippen LogP contribution in [-0.2, 0) is 17.1 Å². The second kappa shape index (κ2) is 15.2. The molecule has 0 spiro atoms. The largest absolute Gasteiger partial charge is 2.00 e. The number of rotatable bonds is 4. The molecule has 0 unspecified atom stereocenters. The predicted octanol–water partition coefficient (Wildman–Crippen LogP) is 11.4. The van der Waals surface area contributed by atoms with Gasteiger partial charge in [-0.3, -0.25) is 0 Å². The van der Waals surface area contributed by atoms with E-state index in [-0.39, 0.29) is 73.2 Å². The summed E-state index contributed by atoms with van der Waals surface area (Å²) in [5, 5.41) is 22.0. The fourth-order valence-electron chi connectivity index (χ4n) is 7.17. The Morgan fingerprint density at radius 3 is 0.902 bits per heavy atom. The van der Waals surface area contributed by atoms with Crippen LogP contribution < -0.4 is 9.97 Å². The van der Waals surface area contributed by atoms with Crippen LogP contribution in [0.1, 0.15) is 22.8 Å². The minimum absolute atomic E-state index is 0. The third-order valence-corrected chi connectivity index (χ3v) is 9.88. The molecular weight excluding hydrogens is 862 g/mol. The zero-order chi connectivity index (χ0) is 42.3. The van der Waals surface area contributed by atoms with E-state index in [1.165, 1.54) is 97.1 Å². The zero-order valence-electron chi connectivity index (χ0n) is 30.1. The summed E-state index contributed by atoms with van der Waals surface area (Å²) in [4.78, 5) is 18.0. The molecule has 0 saturated carbocycles. The fourth-order valence-corrected chi connectivity index (χ4v) is 7.17. The van der Waals surface area contributed by atoms with Crippen molar-refractivity contribution in [3.63, 3.8) is 0 Å². The number of halogens is 10. The Morgan fingerprint density at radius 2 is 0.590 bits per heavy atom. The van der Waals surface area contributed by atoms with E-state index >= 15 is 17.6 Å². The molecule has 17 heteroatoms. The molecule has 9 rings (SSSR count). The van der Waals surface area contributed by atoms with E-state index in [1.54, 1.807) is 0 Å². The van der Waals surface area contributed by atoms with Crippen LogP contribution in [-0.4, -0.2) is 20.2 Å². The summed E-state index contributed by atoms with van der Waals surface area (Å²) < 4.78 is 151. The SMILES string of the molecule is Oc1ccccc1-c1c2nc(c(-c3c(F)c(F)c(F)c(F)c3F)c3ccc([n-]3)c(-c3ccccc3O)c3nc(c(-c4c(F)c(F)c(F)c(F)c4F)c4ccc1[n-]4)C=C3)C=C2.[Fe+2]. The van der Waals surface area contributed by atoms with E-state index < -0.39 is 103 Å². The van der Waals surface area contributed by atoms with Gasteiger partial charge in [-0.1, -0.05) is 60.7 Å². The summed E-state index contributed by atoms with van der Waals surface area (Å²) in [6.07, 6.45) is 4.87. The van der Waals surface area contributed by atoms with Gasteiger partial charge in [0.2, 0.25) is 11.6 Å². The van der Waals surface area contributed by atoms with E-state index in [0.29, 0.717) is 0 Å². The van der Waals surface area contributed by atoms with E-state index in [4.69, 9.17) is 0 Å². The maximum Gasteiger partial charge on any atom is 2.00 e. The molecular formula is C44H18F10FeN4O2. The van der Waals surface area contributed by atoms with Gasteiger partial charge in [0.15, 0.2) is 46.5 Å². The Labute approximate surface area is 346 Å². The van der Waals surface area contributed by atoms with Crippen molar-refractivity contribution in [3.8, 4) is 56.0 Å². The maximum absolute atomic E-state index is 15.8. The van der Waals surface area contributed by atoms with Crippen LogP contribution in [0.15, 0.2) is 72.8 Å². The first-order valence-electron chi connectivity index (χ1n) is 17.4. The Morgan fingerprint density at radius 1 is 0.328 bits per heavy atom. The normalized spacial score (nSPS) is 12.0. The van der Waals surface area contributed by atoms with Crippen molar-refractivity contribution in [1.82, 2.24) is 19.9 Å². The van der Waals surface area contributed by atoms with Crippen molar-refractivity contribution in [2.75, 3.05) is 0 Å². The van der Waals surface area contributed by atoms with Crippen LogP contribution in [0.5, 0.6) is 11.5 Å². The van der Waals surface area contributed by atoms with Gasteiger partial charge in [-0.15, -0.1) is 22.1 Å². The van der Waals surface area contributed by atoms with Crippen LogP contribution in [0.25, 0.3) is 90.9 Å². The number of hydrogen-bond donors (Lipinski definition) is 2. The number of aromatic hydroxyl groups is 2. The Kier molecular flexibility index (Phi) is 10.1. The summed E-state index contributed by atoms with van der Waals surface area (Å²) in [6, 6.07) is 16.1. The molecule has 7 aromatic rings. The molecule has 4 aromatic carbocycles. The monoisotopic (exact) mass is 880 g/mol. The van der Waals surface area contributed by atoms with Gasteiger partial charge in [0.05, 0.1) is 33.9 Å². The van der Waals surface area contributed by atoms with Gasteiger partial charge in [0.25, 0.3) is 0 Å². The summed E-state index contributed by atoms with van der Waals surface area (Å²) in [6.45, 7) is 0. The van der Waals surface area contributed by atoms with E-state index in [1.807, 2.05) is 0 Å². The number of para-hydroxylation sites is 2. The van der Waals surface area contributed by atoms with Crippen molar-refractivity contribution in [3.05, 3.63) is 154 Å². The van der Waals surface area contributed by atoms with Crippen molar-refractivity contribution in [2.45, 2.75) is 0 Å². The predicted molar refractivity (Wildman–Crippen MR) is 201 cm³/mol. The molecule has 2 aliphatic rings. The molecule has 2 aliphatic heterocycles. The molecule has 0 fully saturated rings. The maximum atomic E-state index is 15.8. The molecule has 0 amide bonds. The Bertz CT molecular complexity index is 3000. The van der Waals surface area contributed by atoms with Gasteiger partial charge in [-0.05, 0) is 58.7 Å². The third kappa shape index (κ3) is 6.35. The molecule has 2 N–H and O–H groups in total. The minimum atomic E-state index is -2.42. The van der Waals surface area contributed by atoms with Crippen LogP contribution >= 0.6 is 0 Å². The van der Waals surface area contributed by atoms with Crippen LogP contribution in [0.2, 0.25) is 0 Å². The quantitative estimate of drug-likeness (QED) is 0.0791. The van der Waals surface area contributed by atoms with Crippen molar-refractivity contribution < 1.29 is 71.2 Å². The number of nitrogens with zero attached hydrogens (tertiary/aromatic N) is 4. The van der Waals surface area contributed by atoms with Crippen molar-refractivity contribution >= 4 is 46.4 Å². The number of phenols is 2. The van der Waals surface area contributed by atoms with Gasteiger partial charge >= 0.3 is 17.1 Å². The van der Waals surface area contributed by atoms with Gasteiger partial charge < -0.3 is 20.2 Å². The molecule has 304 valence electrons. The number of hydrogen-bond acceptors (Lipinski definition) is 4. The van der Waals surface area contributed by atoms with Crippen LogP contribution in [0, 0.1) is 58.2 Å².